The number of benzene rings is 1. The Balaban J connectivity index is 1.80. The maximum atomic E-state index is 10.7. The minimum atomic E-state index is -1.05. The molecule has 0 aliphatic heterocycles. The summed E-state index contributed by atoms with van der Waals surface area (Å²) < 4.78 is 5.82. The summed E-state index contributed by atoms with van der Waals surface area (Å²) in [5, 5.41) is 8.78. The third kappa shape index (κ3) is 2.27. The van der Waals surface area contributed by atoms with Gasteiger partial charge in [0.05, 0.1) is 5.56 Å². The largest absolute Gasteiger partial charge is 0.478 e. The minimum absolute atomic E-state index is 0.0527. The summed E-state index contributed by atoms with van der Waals surface area (Å²) in [5.41, 5.74) is 0.809. The van der Waals surface area contributed by atoms with E-state index in [4.69, 9.17) is 9.84 Å². The number of carbonyl (C=O) groups is 1. The van der Waals surface area contributed by atoms with Gasteiger partial charge in [-0.2, -0.15) is 0 Å². The second-order valence-corrected chi connectivity index (χ2v) is 4.52. The first-order valence-electron chi connectivity index (χ1n) is 5.99. The van der Waals surface area contributed by atoms with E-state index in [2.05, 4.69) is 9.97 Å². The van der Waals surface area contributed by atoms with Crippen molar-refractivity contribution in [2.24, 2.45) is 0 Å². The molecule has 0 spiro atoms. The molecule has 3 rings (SSSR count). The number of carboxylic acids is 1. The van der Waals surface area contributed by atoms with Crippen LogP contribution < -0.4 is 4.74 Å². The quantitative estimate of drug-likeness (QED) is 0.908. The van der Waals surface area contributed by atoms with Gasteiger partial charge in [0, 0.05) is 12.4 Å². The van der Waals surface area contributed by atoms with Gasteiger partial charge in [-0.05, 0) is 18.4 Å². The molecule has 0 amide bonds. The fraction of sp³-hybridized carbons (Fsp3) is 0.214. The molecule has 1 saturated carbocycles. The van der Waals surface area contributed by atoms with E-state index in [0.29, 0.717) is 0 Å². The fourth-order valence-electron chi connectivity index (χ4n) is 1.96. The van der Waals surface area contributed by atoms with Crippen LogP contribution >= 0.6 is 0 Å². The molecule has 0 bridgehead atoms. The van der Waals surface area contributed by atoms with Crippen molar-refractivity contribution in [1.29, 1.82) is 0 Å². The number of aromatic nitrogens is 2. The molecule has 0 saturated heterocycles. The second-order valence-electron chi connectivity index (χ2n) is 4.52. The van der Waals surface area contributed by atoms with Gasteiger partial charge in [-0.3, -0.25) is 0 Å². The molecule has 19 heavy (non-hydrogen) atoms. The summed E-state index contributed by atoms with van der Waals surface area (Å²) in [6.45, 7) is 0. The molecule has 1 aliphatic rings. The lowest BCUT2D eigenvalue weighted by Crippen LogP contribution is -2.17. The zero-order valence-electron chi connectivity index (χ0n) is 10.1. The predicted molar refractivity (Wildman–Crippen MR) is 67.0 cm³/mol. The van der Waals surface area contributed by atoms with Gasteiger partial charge in [0.15, 0.2) is 0 Å². The predicted octanol–water partition coefficient (Wildman–Crippen LogP) is 2.24. The molecule has 2 aromatic rings. The maximum Gasteiger partial charge on any atom is 0.338 e. The molecule has 0 radical (unpaired) electrons. The molecule has 1 N–H and O–H groups in total. The third-order valence-electron chi connectivity index (χ3n) is 3.17. The van der Waals surface area contributed by atoms with E-state index in [1.807, 2.05) is 30.3 Å². The van der Waals surface area contributed by atoms with Crippen LogP contribution in [-0.2, 0) is 5.60 Å². The molecule has 1 aromatic carbocycles. The van der Waals surface area contributed by atoms with Crippen LogP contribution in [0.15, 0.2) is 42.7 Å². The van der Waals surface area contributed by atoms with Crippen molar-refractivity contribution in [3.63, 3.8) is 0 Å². The van der Waals surface area contributed by atoms with E-state index in [0.717, 1.165) is 18.4 Å². The summed E-state index contributed by atoms with van der Waals surface area (Å²) in [7, 11) is 0. The Hall–Kier alpha value is -2.43. The highest BCUT2D eigenvalue weighted by Gasteiger charge is 2.47. The normalized spacial score (nSPS) is 15.8. The van der Waals surface area contributed by atoms with E-state index in [9.17, 15) is 4.79 Å². The van der Waals surface area contributed by atoms with Crippen molar-refractivity contribution in [2.45, 2.75) is 18.4 Å². The molecular formula is C14H12N2O3. The molecule has 5 heteroatoms. The molecule has 5 nitrogen and oxygen atoms in total. The van der Waals surface area contributed by atoms with Gasteiger partial charge in [0.2, 0.25) is 0 Å². The van der Waals surface area contributed by atoms with Crippen LogP contribution in [0.5, 0.6) is 6.01 Å². The summed E-state index contributed by atoms with van der Waals surface area (Å²) in [5.74, 6) is -1.05. The van der Waals surface area contributed by atoms with E-state index >= 15 is 0 Å². The molecule has 1 heterocycles. The van der Waals surface area contributed by atoms with Crippen LogP contribution in [-0.4, -0.2) is 21.0 Å². The molecule has 1 aromatic heterocycles. The van der Waals surface area contributed by atoms with Crippen LogP contribution in [0.1, 0.15) is 28.8 Å². The van der Waals surface area contributed by atoms with Gasteiger partial charge in [-0.1, -0.05) is 30.3 Å². The van der Waals surface area contributed by atoms with E-state index in [-0.39, 0.29) is 17.2 Å². The number of hydrogen-bond acceptors (Lipinski definition) is 4. The average Bonchev–Trinajstić information content (AvgIpc) is 3.21. The highest BCUT2D eigenvalue weighted by Crippen LogP contribution is 2.48. The van der Waals surface area contributed by atoms with E-state index in [1.54, 1.807) is 0 Å². The molecule has 1 fully saturated rings. The van der Waals surface area contributed by atoms with Crippen molar-refractivity contribution in [3.8, 4) is 6.01 Å². The Kier molecular flexibility index (Phi) is 2.67. The first-order chi connectivity index (χ1) is 9.20. The zero-order chi connectivity index (χ0) is 13.3. The maximum absolute atomic E-state index is 10.7. The SMILES string of the molecule is O=C(O)c1cnc(OC2(c3ccccc3)CC2)nc1. The number of aromatic carboxylic acids is 1. The van der Waals surface area contributed by atoms with Crippen LogP contribution in [0.3, 0.4) is 0 Å². The minimum Gasteiger partial charge on any atom is -0.478 e. The molecule has 1 aliphatic carbocycles. The van der Waals surface area contributed by atoms with E-state index < -0.39 is 5.97 Å². The topological polar surface area (TPSA) is 72.3 Å². The molecule has 0 unspecified atom stereocenters. The Morgan fingerprint density at radius 1 is 1.16 bits per heavy atom. The van der Waals surface area contributed by atoms with Gasteiger partial charge in [-0.15, -0.1) is 0 Å². The lowest BCUT2D eigenvalue weighted by Gasteiger charge is -2.16. The monoisotopic (exact) mass is 256 g/mol. The van der Waals surface area contributed by atoms with Crippen LogP contribution in [0.2, 0.25) is 0 Å². The van der Waals surface area contributed by atoms with Crippen molar-refractivity contribution in [3.05, 3.63) is 53.9 Å². The third-order valence-corrected chi connectivity index (χ3v) is 3.17. The second kappa shape index (κ2) is 4.35. The van der Waals surface area contributed by atoms with Gasteiger partial charge < -0.3 is 9.84 Å². The zero-order valence-corrected chi connectivity index (χ0v) is 10.1. The van der Waals surface area contributed by atoms with Gasteiger partial charge >= 0.3 is 12.0 Å². The highest BCUT2D eigenvalue weighted by molar-refractivity contribution is 5.86. The summed E-state index contributed by atoms with van der Waals surface area (Å²) >= 11 is 0. The van der Waals surface area contributed by atoms with Gasteiger partial charge in [0.1, 0.15) is 5.60 Å². The van der Waals surface area contributed by atoms with Gasteiger partial charge in [-0.25, -0.2) is 14.8 Å². The number of rotatable bonds is 4. The average molecular weight is 256 g/mol. The summed E-state index contributed by atoms with van der Waals surface area (Å²) in [6, 6.07) is 10.1. The number of carboxylic acid groups (broad SMARTS) is 1. The molecule has 96 valence electrons. The van der Waals surface area contributed by atoms with Gasteiger partial charge in [0.25, 0.3) is 0 Å². The number of ether oxygens (including phenoxy) is 1. The summed E-state index contributed by atoms with van der Waals surface area (Å²) in [6.07, 6.45) is 4.35. The first-order valence-corrected chi connectivity index (χ1v) is 5.99. The Bertz CT molecular complexity index is 592. The van der Waals surface area contributed by atoms with E-state index in [1.165, 1.54) is 12.4 Å². The molecule has 0 atom stereocenters. The van der Waals surface area contributed by atoms with Crippen LogP contribution in [0.25, 0.3) is 0 Å². The lowest BCUT2D eigenvalue weighted by molar-refractivity contribution is 0.0695. The first kappa shape index (κ1) is 11.6. The number of nitrogens with zero attached hydrogens (tertiary/aromatic N) is 2. The highest BCUT2D eigenvalue weighted by atomic mass is 16.5. The van der Waals surface area contributed by atoms with Crippen molar-refractivity contribution < 1.29 is 14.6 Å². The lowest BCUT2D eigenvalue weighted by atomic mass is 10.1. The standard InChI is InChI=1S/C14H12N2O3/c17-12(18)10-8-15-13(16-9-10)19-14(6-7-14)11-4-2-1-3-5-11/h1-5,8-9H,6-7H2,(H,17,18). The van der Waals surface area contributed by atoms with Crippen molar-refractivity contribution in [2.75, 3.05) is 0 Å². The summed E-state index contributed by atoms with van der Waals surface area (Å²) in [4.78, 5) is 18.6. The van der Waals surface area contributed by atoms with Crippen LogP contribution in [0, 0.1) is 0 Å². The Labute approximate surface area is 109 Å². The Morgan fingerprint density at radius 3 is 2.32 bits per heavy atom. The van der Waals surface area contributed by atoms with Crippen molar-refractivity contribution in [1.82, 2.24) is 9.97 Å². The fourth-order valence-corrected chi connectivity index (χ4v) is 1.96. The smallest absolute Gasteiger partial charge is 0.338 e. The Morgan fingerprint density at radius 2 is 1.79 bits per heavy atom. The molecular weight excluding hydrogens is 244 g/mol. The van der Waals surface area contributed by atoms with Crippen LogP contribution in [0.4, 0.5) is 0 Å². The number of hydrogen-bond donors (Lipinski definition) is 1. The van der Waals surface area contributed by atoms with Crippen molar-refractivity contribution >= 4 is 5.97 Å².